The van der Waals surface area contributed by atoms with Gasteiger partial charge >= 0.3 is 0 Å². The highest BCUT2D eigenvalue weighted by atomic mass is 79.9. The van der Waals surface area contributed by atoms with Crippen LogP contribution in [0.25, 0.3) is 0 Å². The van der Waals surface area contributed by atoms with E-state index >= 15 is 0 Å². The lowest BCUT2D eigenvalue weighted by molar-refractivity contribution is -0.118. The standard InChI is InChI=1S/C15H18BrNO/c1-12-6-5-7-13(10-12)14(15(18)11-16)8-3-2-4-9-17/h5-7,10,14H,2-4,8,11H2,1H3. The first-order chi connectivity index (χ1) is 8.69. The third kappa shape index (κ3) is 4.62. The van der Waals surface area contributed by atoms with Crippen LogP contribution >= 0.6 is 15.9 Å². The van der Waals surface area contributed by atoms with Crippen molar-refractivity contribution in [2.75, 3.05) is 5.33 Å². The SMILES string of the molecule is Cc1cccc(C(CCCCC#N)C(=O)CBr)c1. The Labute approximate surface area is 117 Å². The molecule has 1 aromatic rings. The van der Waals surface area contributed by atoms with Crippen molar-refractivity contribution in [3.8, 4) is 6.07 Å². The molecule has 0 amide bonds. The van der Waals surface area contributed by atoms with E-state index in [1.165, 1.54) is 5.56 Å². The maximum atomic E-state index is 12.0. The van der Waals surface area contributed by atoms with Crippen LogP contribution in [-0.4, -0.2) is 11.1 Å². The topological polar surface area (TPSA) is 40.9 Å². The van der Waals surface area contributed by atoms with Crippen molar-refractivity contribution in [1.29, 1.82) is 5.26 Å². The molecule has 3 heteroatoms. The highest BCUT2D eigenvalue weighted by Gasteiger charge is 2.18. The normalized spacial score (nSPS) is 11.8. The molecule has 18 heavy (non-hydrogen) atoms. The third-order valence-corrected chi connectivity index (χ3v) is 3.55. The van der Waals surface area contributed by atoms with E-state index < -0.39 is 0 Å². The van der Waals surface area contributed by atoms with Crippen LogP contribution in [0.15, 0.2) is 24.3 Å². The third-order valence-electron chi connectivity index (χ3n) is 3.00. The zero-order chi connectivity index (χ0) is 13.4. The minimum atomic E-state index is -0.0389. The second kappa shape index (κ2) is 8.05. The van der Waals surface area contributed by atoms with Crippen molar-refractivity contribution in [1.82, 2.24) is 0 Å². The van der Waals surface area contributed by atoms with E-state index in [-0.39, 0.29) is 11.7 Å². The Balaban J connectivity index is 2.73. The largest absolute Gasteiger partial charge is 0.298 e. The van der Waals surface area contributed by atoms with Crippen molar-refractivity contribution in [3.63, 3.8) is 0 Å². The number of nitriles is 1. The molecular formula is C15H18BrNO. The lowest BCUT2D eigenvalue weighted by Gasteiger charge is -2.15. The number of alkyl halides is 1. The zero-order valence-electron chi connectivity index (χ0n) is 10.7. The molecule has 0 saturated heterocycles. The summed E-state index contributed by atoms with van der Waals surface area (Å²) in [6.45, 7) is 2.04. The molecule has 0 fully saturated rings. The van der Waals surface area contributed by atoms with Gasteiger partial charge in [-0.2, -0.15) is 5.26 Å². The van der Waals surface area contributed by atoms with Gasteiger partial charge in [0.1, 0.15) is 0 Å². The van der Waals surface area contributed by atoms with E-state index in [0.717, 1.165) is 24.8 Å². The first-order valence-electron chi connectivity index (χ1n) is 6.21. The number of hydrogen-bond donors (Lipinski definition) is 0. The monoisotopic (exact) mass is 307 g/mol. The van der Waals surface area contributed by atoms with Crippen molar-refractivity contribution in [2.45, 2.75) is 38.5 Å². The Morgan fingerprint density at radius 2 is 2.22 bits per heavy atom. The fourth-order valence-electron chi connectivity index (χ4n) is 2.05. The average Bonchev–Trinajstić information content (AvgIpc) is 2.38. The summed E-state index contributed by atoms with van der Waals surface area (Å²) < 4.78 is 0. The lowest BCUT2D eigenvalue weighted by Crippen LogP contribution is -2.14. The molecule has 1 atom stereocenters. The van der Waals surface area contributed by atoms with E-state index in [9.17, 15) is 4.79 Å². The summed E-state index contributed by atoms with van der Waals surface area (Å²) in [5.74, 6) is 0.181. The minimum absolute atomic E-state index is 0.0389. The molecule has 0 saturated carbocycles. The average molecular weight is 308 g/mol. The number of carbonyl (C=O) groups excluding carboxylic acids is 1. The quantitative estimate of drug-likeness (QED) is 0.561. The number of halogens is 1. The van der Waals surface area contributed by atoms with Gasteiger partial charge in [0.05, 0.1) is 11.4 Å². The summed E-state index contributed by atoms with van der Waals surface area (Å²) in [5, 5.41) is 8.91. The van der Waals surface area contributed by atoms with Crippen LogP contribution in [-0.2, 0) is 4.79 Å². The van der Waals surface area contributed by atoms with Crippen LogP contribution in [0, 0.1) is 18.3 Å². The highest BCUT2D eigenvalue weighted by Crippen LogP contribution is 2.25. The highest BCUT2D eigenvalue weighted by molar-refractivity contribution is 9.09. The van der Waals surface area contributed by atoms with E-state index in [1.807, 2.05) is 25.1 Å². The Morgan fingerprint density at radius 3 is 2.83 bits per heavy atom. The van der Waals surface area contributed by atoms with Crippen molar-refractivity contribution in [2.24, 2.45) is 0 Å². The van der Waals surface area contributed by atoms with Gasteiger partial charge in [0.15, 0.2) is 5.78 Å². The predicted molar refractivity (Wildman–Crippen MR) is 76.8 cm³/mol. The first kappa shape index (κ1) is 14.9. The maximum absolute atomic E-state index is 12.0. The Hall–Kier alpha value is -1.14. The molecule has 1 unspecified atom stereocenters. The van der Waals surface area contributed by atoms with Crippen LogP contribution < -0.4 is 0 Å². The molecule has 1 rings (SSSR count). The van der Waals surface area contributed by atoms with Crippen LogP contribution in [0.5, 0.6) is 0 Å². The van der Waals surface area contributed by atoms with Crippen LogP contribution in [0.4, 0.5) is 0 Å². The number of carbonyl (C=O) groups is 1. The van der Waals surface area contributed by atoms with E-state index in [2.05, 4.69) is 28.1 Å². The Bertz CT molecular complexity index is 436. The summed E-state index contributed by atoms with van der Waals surface area (Å²) in [6, 6.07) is 10.3. The lowest BCUT2D eigenvalue weighted by atomic mass is 9.89. The number of benzene rings is 1. The van der Waals surface area contributed by atoms with Crippen LogP contribution in [0.1, 0.15) is 42.7 Å². The maximum Gasteiger partial charge on any atom is 0.150 e. The van der Waals surface area contributed by atoms with Gasteiger partial charge in [-0.05, 0) is 25.3 Å². The zero-order valence-corrected chi connectivity index (χ0v) is 12.2. The van der Waals surface area contributed by atoms with Crippen molar-refractivity contribution >= 4 is 21.7 Å². The summed E-state index contributed by atoms with van der Waals surface area (Å²) in [6.07, 6.45) is 3.19. The van der Waals surface area contributed by atoms with Gasteiger partial charge in [-0.25, -0.2) is 0 Å². The molecule has 1 aromatic carbocycles. The van der Waals surface area contributed by atoms with Crippen molar-refractivity contribution < 1.29 is 4.79 Å². The van der Waals surface area contributed by atoms with Crippen LogP contribution in [0.2, 0.25) is 0 Å². The number of rotatable bonds is 7. The van der Waals surface area contributed by atoms with Gasteiger partial charge in [-0.15, -0.1) is 0 Å². The van der Waals surface area contributed by atoms with E-state index in [0.29, 0.717) is 11.8 Å². The summed E-state index contributed by atoms with van der Waals surface area (Å²) in [5.41, 5.74) is 2.27. The van der Waals surface area contributed by atoms with Gasteiger partial charge < -0.3 is 0 Å². The number of ketones is 1. The second-order valence-electron chi connectivity index (χ2n) is 4.47. The minimum Gasteiger partial charge on any atom is -0.298 e. The fourth-order valence-corrected chi connectivity index (χ4v) is 2.44. The molecule has 96 valence electrons. The molecule has 0 aliphatic rings. The summed E-state index contributed by atoms with van der Waals surface area (Å²) in [7, 11) is 0. The summed E-state index contributed by atoms with van der Waals surface area (Å²) >= 11 is 3.25. The number of nitrogens with zero attached hydrogens (tertiary/aromatic N) is 1. The molecule has 0 bridgehead atoms. The van der Waals surface area contributed by atoms with Gasteiger partial charge in [-0.1, -0.05) is 52.2 Å². The Morgan fingerprint density at radius 1 is 1.44 bits per heavy atom. The fraction of sp³-hybridized carbons (Fsp3) is 0.467. The van der Waals surface area contributed by atoms with Gasteiger partial charge in [0, 0.05) is 12.3 Å². The molecule has 0 aliphatic heterocycles. The molecular weight excluding hydrogens is 290 g/mol. The number of unbranched alkanes of at least 4 members (excludes halogenated alkanes) is 2. The van der Waals surface area contributed by atoms with Gasteiger partial charge in [-0.3, -0.25) is 4.79 Å². The number of Topliss-reactive ketones (excluding diaryl/α,β-unsaturated/α-hetero) is 1. The smallest absolute Gasteiger partial charge is 0.150 e. The molecule has 0 aromatic heterocycles. The number of aryl methyl sites for hydroxylation is 1. The molecule has 0 aliphatic carbocycles. The first-order valence-corrected chi connectivity index (χ1v) is 7.33. The molecule has 0 N–H and O–H groups in total. The van der Waals surface area contributed by atoms with E-state index in [1.54, 1.807) is 0 Å². The second-order valence-corrected chi connectivity index (χ2v) is 5.03. The Kier molecular flexibility index (Phi) is 6.67. The van der Waals surface area contributed by atoms with E-state index in [4.69, 9.17) is 5.26 Å². The molecule has 2 nitrogen and oxygen atoms in total. The summed E-state index contributed by atoms with van der Waals surface area (Å²) in [4.78, 5) is 12.0. The van der Waals surface area contributed by atoms with Crippen molar-refractivity contribution in [3.05, 3.63) is 35.4 Å². The number of hydrogen-bond acceptors (Lipinski definition) is 2. The van der Waals surface area contributed by atoms with Crippen LogP contribution in [0.3, 0.4) is 0 Å². The molecule has 0 radical (unpaired) electrons. The molecule has 0 spiro atoms. The van der Waals surface area contributed by atoms with Gasteiger partial charge in [0.25, 0.3) is 0 Å². The molecule has 0 heterocycles. The van der Waals surface area contributed by atoms with Gasteiger partial charge in [0.2, 0.25) is 0 Å². The predicted octanol–water partition coefficient (Wildman–Crippen LogP) is 4.13.